The Bertz CT molecular complexity index is 562. The van der Waals surface area contributed by atoms with Gasteiger partial charge < -0.3 is 10.6 Å². The number of nitrogens with one attached hydrogen (secondary N) is 2. The zero-order valence-corrected chi connectivity index (χ0v) is 12.1. The van der Waals surface area contributed by atoms with E-state index < -0.39 is 0 Å². The van der Waals surface area contributed by atoms with E-state index in [0.29, 0.717) is 11.7 Å². The molecule has 1 heterocycles. The largest absolute Gasteiger partial charge is 0.359 e. The van der Waals surface area contributed by atoms with Gasteiger partial charge in [0.15, 0.2) is 5.11 Å². The molecule has 0 radical (unpaired) electrons. The summed E-state index contributed by atoms with van der Waals surface area (Å²) in [5.41, 5.74) is 2.13. The van der Waals surface area contributed by atoms with Crippen molar-refractivity contribution < 1.29 is 0 Å². The van der Waals surface area contributed by atoms with Gasteiger partial charge >= 0.3 is 0 Å². The molecule has 0 aliphatic rings. The summed E-state index contributed by atoms with van der Waals surface area (Å²) < 4.78 is 1.72. The molecule has 2 N–H and O–H groups in total. The van der Waals surface area contributed by atoms with E-state index in [1.54, 1.807) is 17.1 Å². The quantitative estimate of drug-likeness (QED) is 0.650. The number of aromatic nitrogens is 3. The summed E-state index contributed by atoms with van der Waals surface area (Å²) in [5, 5.41) is 11.0. The smallest absolute Gasteiger partial charge is 0.167 e. The van der Waals surface area contributed by atoms with Crippen molar-refractivity contribution in [2.45, 2.75) is 13.0 Å². The van der Waals surface area contributed by atoms with Crippen LogP contribution in [0.5, 0.6) is 0 Å². The first kappa shape index (κ1) is 14.2. The molecule has 5 nitrogen and oxygen atoms in total. The minimum absolute atomic E-state index is 0.129. The van der Waals surface area contributed by atoms with Gasteiger partial charge in [0, 0.05) is 6.54 Å². The second-order valence-electron chi connectivity index (χ2n) is 4.30. The maximum absolute atomic E-state index is 5.19. The summed E-state index contributed by atoms with van der Waals surface area (Å²) in [6.45, 7) is 6.36. The molecule has 0 bridgehead atoms. The van der Waals surface area contributed by atoms with Crippen molar-refractivity contribution in [1.29, 1.82) is 0 Å². The average Bonchev–Trinajstić information content (AvgIpc) is 2.99. The van der Waals surface area contributed by atoms with Crippen molar-refractivity contribution >= 4 is 17.3 Å². The molecule has 0 saturated carbocycles. The summed E-state index contributed by atoms with van der Waals surface area (Å²) in [7, 11) is 0. The third kappa shape index (κ3) is 3.64. The Hall–Kier alpha value is -2.21. The Morgan fingerprint density at radius 1 is 1.45 bits per heavy atom. The second kappa shape index (κ2) is 6.81. The minimum Gasteiger partial charge on any atom is -0.359 e. The molecule has 0 fully saturated rings. The van der Waals surface area contributed by atoms with Crippen LogP contribution in [0, 0.1) is 0 Å². The lowest BCUT2D eigenvalue weighted by atomic mass is 10.1. The lowest BCUT2D eigenvalue weighted by Gasteiger charge is -2.17. The summed E-state index contributed by atoms with van der Waals surface area (Å²) >= 11 is 5.19. The maximum atomic E-state index is 5.19. The third-order valence-corrected chi connectivity index (χ3v) is 3.09. The molecule has 20 heavy (non-hydrogen) atoms. The van der Waals surface area contributed by atoms with E-state index in [1.165, 1.54) is 6.33 Å². The fraction of sp³-hybridized carbons (Fsp3) is 0.214. The number of thiocarbonyl (C=S) groups is 1. The molecule has 0 spiro atoms. The molecule has 104 valence electrons. The molecule has 2 aromatic rings. The van der Waals surface area contributed by atoms with Crippen LogP contribution < -0.4 is 10.6 Å². The van der Waals surface area contributed by atoms with E-state index in [0.717, 1.165) is 11.3 Å². The normalized spacial score (nSPS) is 11.7. The molecule has 0 unspecified atom stereocenters. The van der Waals surface area contributed by atoms with E-state index in [1.807, 2.05) is 24.3 Å². The Labute approximate surface area is 123 Å². The van der Waals surface area contributed by atoms with E-state index >= 15 is 0 Å². The van der Waals surface area contributed by atoms with Gasteiger partial charge in [-0.1, -0.05) is 18.2 Å². The van der Waals surface area contributed by atoms with Crippen LogP contribution in [-0.2, 0) is 0 Å². The van der Waals surface area contributed by atoms with Crippen LogP contribution in [0.2, 0.25) is 0 Å². The van der Waals surface area contributed by atoms with Gasteiger partial charge in [-0.05, 0) is 36.8 Å². The van der Waals surface area contributed by atoms with Gasteiger partial charge in [0.1, 0.15) is 12.7 Å². The minimum atomic E-state index is 0.129. The van der Waals surface area contributed by atoms with Crippen LogP contribution >= 0.6 is 12.2 Å². The molecule has 0 amide bonds. The summed E-state index contributed by atoms with van der Waals surface area (Å²) in [6.07, 6.45) is 4.96. The Morgan fingerprint density at radius 2 is 2.20 bits per heavy atom. The molecule has 1 aromatic carbocycles. The fourth-order valence-corrected chi connectivity index (χ4v) is 2.01. The molecule has 1 atom stereocenters. The van der Waals surface area contributed by atoms with Gasteiger partial charge in [0.2, 0.25) is 0 Å². The molecule has 1 aromatic heterocycles. The van der Waals surface area contributed by atoms with Crippen LogP contribution in [0.4, 0.5) is 0 Å². The molecule has 0 aliphatic heterocycles. The predicted octanol–water partition coefficient (Wildman–Crippen LogP) is 1.98. The highest BCUT2D eigenvalue weighted by molar-refractivity contribution is 7.80. The SMILES string of the molecule is C=CCNC(=S)N[C@H](C)c1ccc(-n2cncn2)cc1. The standard InChI is InChI=1S/C14H17N5S/c1-3-8-16-14(20)18-11(2)12-4-6-13(7-5-12)19-10-15-9-17-19/h3-7,9-11H,1,8H2,2H3,(H2,16,18,20)/t11-/m1/s1. The fourth-order valence-electron chi connectivity index (χ4n) is 1.75. The Kier molecular flexibility index (Phi) is 4.84. The molecular weight excluding hydrogens is 270 g/mol. The van der Waals surface area contributed by atoms with Crippen LogP contribution in [0.1, 0.15) is 18.5 Å². The first-order valence-corrected chi connectivity index (χ1v) is 6.71. The van der Waals surface area contributed by atoms with Crippen molar-refractivity contribution in [3.63, 3.8) is 0 Å². The number of benzene rings is 1. The van der Waals surface area contributed by atoms with Crippen LogP contribution in [0.15, 0.2) is 49.6 Å². The van der Waals surface area contributed by atoms with E-state index in [9.17, 15) is 0 Å². The Morgan fingerprint density at radius 3 is 2.80 bits per heavy atom. The molecule has 0 aliphatic carbocycles. The summed E-state index contributed by atoms with van der Waals surface area (Å²) in [5.74, 6) is 0. The van der Waals surface area contributed by atoms with Crippen LogP contribution in [0.25, 0.3) is 5.69 Å². The molecule has 2 rings (SSSR count). The average molecular weight is 287 g/mol. The lowest BCUT2D eigenvalue weighted by Crippen LogP contribution is -2.36. The third-order valence-electron chi connectivity index (χ3n) is 2.83. The van der Waals surface area contributed by atoms with Crippen LogP contribution in [-0.4, -0.2) is 26.4 Å². The number of nitrogens with zero attached hydrogens (tertiary/aromatic N) is 3. The summed E-state index contributed by atoms with van der Waals surface area (Å²) in [4.78, 5) is 3.93. The van der Waals surface area contributed by atoms with Crippen molar-refractivity contribution in [2.75, 3.05) is 6.54 Å². The molecule has 0 saturated heterocycles. The number of rotatable bonds is 5. The van der Waals surface area contributed by atoms with Gasteiger partial charge in [0.05, 0.1) is 11.7 Å². The second-order valence-corrected chi connectivity index (χ2v) is 4.70. The van der Waals surface area contributed by atoms with Gasteiger partial charge in [-0.15, -0.1) is 6.58 Å². The molecular formula is C14H17N5S. The highest BCUT2D eigenvalue weighted by Crippen LogP contribution is 2.14. The lowest BCUT2D eigenvalue weighted by molar-refractivity contribution is 0.705. The van der Waals surface area contributed by atoms with Crippen LogP contribution in [0.3, 0.4) is 0 Å². The number of hydrogen-bond acceptors (Lipinski definition) is 3. The van der Waals surface area contributed by atoms with Crippen molar-refractivity contribution in [3.05, 3.63) is 55.1 Å². The van der Waals surface area contributed by atoms with Crippen molar-refractivity contribution in [1.82, 2.24) is 25.4 Å². The first-order chi connectivity index (χ1) is 9.70. The van der Waals surface area contributed by atoms with Gasteiger partial charge in [-0.2, -0.15) is 5.10 Å². The van der Waals surface area contributed by atoms with Gasteiger partial charge in [-0.25, -0.2) is 9.67 Å². The summed E-state index contributed by atoms with van der Waals surface area (Å²) in [6, 6.07) is 8.23. The highest BCUT2D eigenvalue weighted by atomic mass is 32.1. The van der Waals surface area contributed by atoms with E-state index in [-0.39, 0.29) is 6.04 Å². The highest BCUT2D eigenvalue weighted by Gasteiger charge is 2.07. The predicted molar refractivity (Wildman–Crippen MR) is 83.7 cm³/mol. The Balaban J connectivity index is 1.99. The van der Waals surface area contributed by atoms with Crippen molar-refractivity contribution in [2.24, 2.45) is 0 Å². The van der Waals surface area contributed by atoms with Gasteiger partial charge in [-0.3, -0.25) is 0 Å². The van der Waals surface area contributed by atoms with E-state index in [2.05, 4.69) is 34.2 Å². The zero-order valence-electron chi connectivity index (χ0n) is 11.3. The maximum Gasteiger partial charge on any atom is 0.167 e. The monoisotopic (exact) mass is 287 g/mol. The first-order valence-electron chi connectivity index (χ1n) is 6.31. The molecule has 6 heteroatoms. The zero-order chi connectivity index (χ0) is 14.4. The topological polar surface area (TPSA) is 54.8 Å². The van der Waals surface area contributed by atoms with Gasteiger partial charge in [0.25, 0.3) is 0 Å². The van der Waals surface area contributed by atoms with E-state index in [4.69, 9.17) is 12.2 Å². The van der Waals surface area contributed by atoms with Crippen molar-refractivity contribution in [3.8, 4) is 5.69 Å². The number of hydrogen-bond donors (Lipinski definition) is 2.